The van der Waals surface area contributed by atoms with E-state index in [1.807, 2.05) is 36.4 Å². The number of imidazole rings is 1. The van der Waals surface area contributed by atoms with Crippen molar-refractivity contribution in [1.29, 1.82) is 5.26 Å². The largest absolute Gasteiger partial charge is 0.348 e. The number of aromatic nitrogens is 2. The predicted octanol–water partition coefficient (Wildman–Crippen LogP) is 3.32. The maximum atomic E-state index is 12.6. The summed E-state index contributed by atoms with van der Waals surface area (Å²) in [6, 6.07) is 22.1. The van der Waals surface area contributed by atoms with Gasteiger partial charge in [0.1, 0.15) is 0 Å². The van der Waals surface area contributed by atoms with Crippen LogP contribution in [0.3, 0.4) is 0 Å². The van der Waals surface area contributed by atoms with Crippen LogP contribution >= 0.6 is 0 Å². The van der Waals surface area contributed by atoms with Gasteiger partial charge in [-0.3, -0.25) is 4.79 Å². The molecule has 0 radical (unpaired) electrons. The predicted molar refractivity (Wildman–Crippen MR) is 107 cm³/mol. The Morgan fingerprint density at radius 3 is 2.64 bits per heavy atom. The van der Waals surface area contributed by atoms with Crippen molar-refractivity contribution < 1.29 is 4.79 Å². The number of nitriles is 1. The van der Waals surface area contributed by atoms with E-state index in [1.165, 1.54) is 0 Å². The molecule has 0 unspecified atom stereocenters. The highest BCUT2D eigenvalue weighted by Gasteiger charge is 2.10. The molecule has 0 aliphatic carbocycles. The summed E-state index contributed by atoms with van der Waals surface area (Å²) in [5.74, 6) is -0.209. The number of benzene rings is 3. The van der Waals surface area contributed by atoms with E-state index in [4.69, 9.17) is 0 Å². The van der Waals surface area contributed by atoms with Crippen LogP contribution in [0.25, 0.3) is 22.2 Å². The lowest BCUT2D eigenvalue weighted by atomic mass is 9.98. The summed E-state index contributed by atoms with van der Waals surface area (Å²) in [5.41, 5.74) is 4.73. The molecule has 28 heavy (non-hydrogen) atoms. The van der Waals surface area contributed by atoms with E-state index in [2.05, 4.69) is 21.4 Å². The minimum Gasteiger partial charge on any atom is -0.348 e. The molecule has 0 fully saturated rings. The summed E-state index contributed by atoms with van der Waals surface area (Å²) < 4.78 is 0. The maximum Gasteiger partial charge on any atom is 0.323 e. The van der Waals surface area contributed by atoms with Gasteiger partial charge in [-0.15, -0.1) is 0 Å². The van der Waals surface area contributed by atoms with Crippen LogP contribution < -0.4 is 11.0 Å². The van der Waals surface area contributed by atoms with E-state index in [0.717, 1.165) is 22.2 Å². The van der Waals surface area contributed by atoms with E-state index in [-0.39, 0.29) is 11.6 Å². The van der Waals surface area contributed by atoms with Crippen molar-refractivity contribution in [2.75, 3.05) is 0 Å². The summed E-state index contributed by atoms with van der Waals surface area (Å²) in [7, 11) is 0. The minimum absolute atomic E-state index is 0.209. The summed E-state index contributed by atoms with van der Waals surface area (Å²) in [6.45, 7) is 0.334. The molecule has 6 heteroatoms. The molecule has 4 aromatic rings. The fourth-order valence-corrected chi connectivity index (χ4v) is 3.13. The molecular weight excluding hydrogens is 352 g/mol. The van der Waals surface area contributed by atoms with Crippen molar-refractivity contribution in [3.05, 3.63) is 93.9 Å². The van der Waals surface area contributed by atoms with Crippen LogP contribution in [0.1, 0.15) is 21.5 Å². The van der Waals surface area contributed by atoms with E-state index >= 15 is 0 Å². The van der Waals surface area contributed by atoms with Gasteiger partial charge >= 0.3 is 5.69 Å². The van der Waals surface area contributed by atoms with Crippen molar-refractivity contribution in [3.63, 3.8) is 0 Å². The van der Waals surface area contributed by atoms with Crippen LogP contribution in [0.15, 0.2) is 71.5 Å². The molecule has 0 atom stereocenters. The molecule has 1 aromatic heterocycles. The summed E-state index contributed by atoms with van der Waals surface area (Å²) in [6.07, 6.45) is 0. The standard InChI is InChI=1S/C22H16N4O2/c23-12-17-4-1-2-7-18(17)15-5-3-6-16(11-15)21(27)24-13-14-8-9-19-20(10-14)26-22(28)25-19/h1-11H,13H2,(H,24,27)(H2,25,26,28). The fourth-order valence-electron chi connectivity index (χ4n) is 3.13. The number of hydrogen-bond donors (Lipinski definition) is 3. The topological polar surface area (TPSA) is 102 Å². The van der Waals surface area contributed by atoms with Crippen molar-refractivity contribution >= 4 is 16.9 Å². The molecule has 136 valence electrons. The lowest BCUT2D eigenvalue weighted by molar-refractivity contribution is 0.0951. The molecule has 3 aromatic carbocycles. The zero-order valence-corrected chi connectivity index (χ0v) is 14.8. The molecule has 1 heterocycles. The highest BCUT2D eigenvalue weighted by molar-refractivity contribution is 5.95. The number of fused-ring (bicyclic) bond motifs is 1. The minimum atomic E-state index is -0.259. The Hall–Kier alpha value is -4.11. The lowest BCUT2D eigenvalue weighted by Gasteiger charge is -2.08. The smallest absolute Gasteiger partial charge is 0.323 e. The van der Waals surface area contributed by atoms with Crippen LogP contribution in [-0.4, -0.2) is 15.9 Å². The number of nitrogens with one attached hydrogen (secondary N) is 3. The SMILES string of the molecule is N#Cc1ccccc1-c1cccc(C(=O)NCc2ccc3[nH]c(=O)[nH]c3c2)c1. The molecule has 3 N–H and O–H groups in total. The molecular formula is C22H16N4O2. The van der Waals surface area contributed by atoms with Gasteiger partial charge in [-0.1, -0.05) is 36.4 Å². The summed E-state index contributed by atoms with van der Waals surface area (Å²) >= 11 is 0. The number of rotatable bonds is 4. The Kier molecular flexibility index (Phi) is 4.48. The maximum absolute atomic E-state index is 12.6. The third kappa shape index (κ3) is 3.41. The molecule has 0 saturated carbocycles. The van der Waals surface area contributed by atoms with Crippen LogP contribution in [-0.2, 0) is 6.54 Å². The first-order valence-corrected chi connectivity index (χ1v) is 8.73. The first-order valence-electron chi connectivity index (χ1n) is 8.73. The van der Waals surface area contributed by atoms with Gasteiger partial charge in [0.15, 0.2) is 0 Å². The summed E-state index contributed by atoms with van der Waals surface area (Å²) in [5, 5.41) is 12.2. The number of hydrogen-bond acceptors (Lipinski definition) is 3. The van der Waals surface area contributed by atoms with Crippen molar-refractivity contribution in [3.8, 4) is 17.2 Å². The summed E-state index contributed by atoms with van der Waals surface area (Å²) in [4.78, 5) is 29.3. The van der Waals surface area contributed by atoms with Gasteiger partial charge in [-0.25, -0.2) is 4.79 Å². The quantitative estimate of drug-likeness (QED) is 0.515. The first kappa shape index (κ1) is 17.3. The van der Waals surface area contributed by atoms with Gasteiger partial charge in [0.25, 0.3) is 5.91 Å². The average molecular weight is 368 g/mol. The highest BCUT2D eigenvalue weighted by Crippen LogP contribution is 2.24. The third-order valence-corrected chi connectivity index (χ3v) is 4.52. The Balaban J connectivity index is 1.53. The molecule has 0 aliphatic rings. The van der Waals surface area contributed by atoms with Crippen molar-refractivity contribution in [1.82, 2.24) is 15.3 Å². The zero-order chi connectivity index (χ0) is 19.5. The average Bonchev–Trinajstić information content (AvgIpc) is 3.11. The number of carbonyl (C=O) groups is 1. The Bertz CT molecular complexity index is 1280. The van der Waals surface area contributed by atoms with Gasteiger partial charge < -0.3 is 15.3 Å². The number of H-pyrrole nitrogens is 2. The van der Waals surface area contributed by atoms with Crippen LogP contribution in [0, 0.1) is 11.3 Å². The fraction of sp³-hybridized carbons (Fsp3) is 0.0455. The monoisotopic (exact) mass is 368 g/mol. The second-order valence-electron chi connectivity index (χ2n) is 6.38. The van der Waals surface area contributed by atoms with Gasteiger partial charge in [0.2, 0.25) is 0 Å². The van der Waals surface area contributed by atoms with E-state index < -0.39 is 0 Å². The van der Waals surface area contributed by atoms with Crippen LogP contribution in [0.2, 0.25) is 0 Å². The van der Waals surface area contributed by atoms with E-state index in [0.29, 0.717) is 23.2 Å². The normalized spacial score (nSPS) is 10.5. The molecule has 0 spiro atoms. The van der Waals surface area contributed by atoms with Crippen LogP contribution in [0.5, 0.6) is 0 Å². The molecule has 0 aliphatic heterocycles. The number of aromatic amines is 2. The molecule has 0 saturated heterocycles. The molecule has 6 nitrogen and oxygen atoms in total. The molecule has 1 amide bonds. The first-order chi connectivity index (χ1) is 13.6. The Morgan fingerprint density at radius 2 is 1.79 bits per heavy atom. The molecule has 4 rings (SSSR count). The lowest BCUT2D eigenvalue weighted by Crippen LogP contribution is -2.22. The Morgan fingerprint density at radius 1 is 0.964 bits per heavy atom. The molecule has 0 bridgehead atoms. The Labute approximate surface area is 160 Å². The zero-order valence-electron chi connectivity index (χ0n) is 14.8. The van der Waals surface area contributed by atoms with Crippen molar-refractivity contribution in [2.24, 2.45) is 0 Å². The van der Waals surface area contributed by atoms with Gasteiger partial charge in [0, 0.05) is 12.1 Å². The highest BCUT2D eigenvalue weighted by atomic mass is 16.1. The second kappa shape index (κ2) is 7.25. The van der Waals surface area contributed by atoms with Gasteiger partial charge in [-0.2, -0.15) is 5.26 Å². The van der Waals surface area contributed by atoms with Gasteiger partial charge in [0.05, 0.1) is 22.7 Å². The number of nitrogens with zero attached hydrogens (tertiary/aromatic N) is 1. The number of carbonyl (C=O) groups excluding carboxylic acids is 1. The third-order valence-electron chi connectivity index (χ3n) is 4.52. The number of amides is 1. The van der Waals surface area contributed by atoms with Crippen LogP contribution in [0.4, 0.5) is 0 Å². The van der Waals surface area contributed by atoms with Gasteiger partial charge in [-0.05, 0) is 47.0 Å². The second-order valence-corrected chi connectivity index (χ2v) is 6.38. The van der Waals surface area contributed by atoms with E-state index in [1.54, 1.807) is 30.3 Å². The van der Waals surface area contributed by atoms with E-state index in [9.17, 15) is 14.9 Å². The van der Waals surface area contributed by atoms with Crippen molar-refractivity contribution in [2.45, 2.75) is 6.54 Å².